The van der Waals surface area contributed by atoms with E-state index in [2.05, 4.69) is 10.2 Å². The predicted molar refractivity (Wildman–Crippen MR) is 92.8 cm³/mol. The van der Waals surface area contributed by atoms with Gasteiger partial charge in [0, 0.05) is 39.1 Å². The minimum atomic E-state index is -0.297. The van der Waals surface area contributed by atoms with E-state index < -0.39 is 0 Å². The SMILES string of the molecule is CCNC(=O)CN1CCN(C(=O)CCCOc2ccc(F)cc2)CC1. The molecule has 0 aromatic heterocycles. The Kier molecular flexibility index (Phi) is 7.66. The fourth-order valence-corrected chi connectivity index (χ4v) is 2.71. The number of nitrogens with one attached hydrogen (secondary N) is 1. The van der Waals surface area contributed by atoms with Gasteiger partial charge >= 0.3 is 0 Å². The van der Waals surface area contributed by atoms with Gasteiger partial charge in [-0.05, 0) is 37.6 Å². The van der Waals surface area contributed by atoms with Crippen molar-refractivity contribution in [2.45, 2.75) is 19.8 Å². The summed E-state index contributed by atoms with van der Waals surface area (Å²) in [5.41, 5.74) is 0. The number of likely N-dealkylation sites (N-methyl/N-ethyl adjacent to an activating group) is 1. The number of nitrogens with zero attached hydrogens (tertiary/aromatic N) is 2. The number of rotatable bonds is 8. The number of amides is 2. The van der Waals surface area contributed by atoms with E-state index in [1.54, 1.807) is 12.1 Å². The van der Waals surface area contributed by atoms with Gasteiger partial charge in [-0.1, -0.05) is 0 Å². The summed E-state index contributed by atoms with van der Waals surface area (Å²) < 4.78 is 18.3. The highest BCUT2D eigenvalue weighted by Crippen LogP contribution is 2.12. The smallest absolute Gasteiger partial charge is 0.234 e. The third kappa shape index (κ3) is 6.70. The molecule has 0 unspecified atom stereocenters. The van der Waals surface area contributed by atoms with E-state index in [4.69, 9.17) is 4.74 Å². The van der Waals surface area contributed by atoms with Gasteiger partial charge in [0.2, 0.25) is 11.8 Å². The molecule has 6 nitrogen and oxygen atoms in total. The molecule has 1 aliphatic rings. The molecule has 0 atom stereocenters. The summed E-state index contributed by atoms with van der Waals surface area (Å²) >= 11 is 0. The lowest BCUT2D eigenvalue weighted by Gasteiger charge is -2.34. The van der Waals surface area contributed by atoms with Crippen molar-refractivity contribution in [3.8, 4) is 5.75 Å². The molecule has 7 heteroatoms. The van der Waals surface area contributed by atoms with Gasteiger partial charge in [0.15, 0.2) is 0 Å². The monoisotopic (exact) mass is 351 g/mol. The molecule has 25 heavy (non-hydrogen) atoms. The first-order chi connectivity index (χ1) is 12.1. The van der Waals surface area contributed by atoms with E-state index in [0.717, 1.165) is 13.1 Å². The van der Waals surface area contributed by atoms with Crippen LogP contribution in [0.2, 0.25) is 0 Å². The zero-order valence-corrected chi connectivity index (χ0v) is 14.7. The Bertz CT molecular complexity index is 557. The summed E-state index contributed by atoms with van der Waals surface area (Å²) in [6.45, 7) is 6.08. The number of benzene rings is 1. The van der Waals surface area contributed by atoms with Crippen molar-refractivity contribution in [3.05, 3.63) is 30.1 Å². The first-order valence-corrected chi connectivity index (χ1v) is 8.73. The number of carbonyl (C=O) groups excluding carboxylic acids is 2. The lowest BCUT2D eigenvalue weighted by atomic mass is 10.2. The largest absolute Gasteiger partial charge is 0.494 e. The van der Waals surface area contributed by atoms with Gasteiger partial charge in [-0.25, -0.2) is 4.39 Å². The predicted octanol–water partition coefficient (Wildman–Crippen LogP) is 1.26. The molecule has 0 aliphatic carbocycles. The Morgan fingerprint density at radius 2 is 1.84 bits per heavy atom. The van der Waals surface area contributed by atoms with E-state index in [1.807, 2.05) is 11.8 Å². The van der Waals surface area contributed by atoms with Crippen LogP contribution in [0.3, 0.4) is 0 Å². The van der Waals surface area contributed by atoms with Crippen LogP contribution in [0.15, 0.2) is 24.3 Å². The van der Waals surface area contributed by atoms with E-state index in [-0.39, 0.29) is 17.6 Å². The number of piperazine rings is 1. The van der Waals surface area contributed by atoms with Crippen LogP contribution in [0.5, 0.6) is 5.75 Å². The molecule has 1 fully saturated rings. The van der Waals surface area contributed by atoms with Gasteiger partial charge < -0.3 is 15.0 Å². The van der Waals surface area contributed by atoms with Crippen molar-refractivity contribution in [3.63, 3.8) is 0 Å². The summed E-state index contributed by atoms with van der Waals surface area (Å²) in [7, 11) is 0. The summed E-state index contributed by atoms with van der Waals surface area (Å²) in [5.74, 6) is 0.447. The van der Waals surface area contributed by atoms with Crippen LogP contribution in [-0.4, -0.2) is 67.5 Å². The number of halogens is 1. The third-order valence-corrected chi connectivity index (χ3v) is 4.08. The molecule has 2 rings (SSSR count). The molecule has 1 aromatic rings. The summed E-state index contributed by atoms with van der Waals surface area (Å²) in [6, 6.07) is 5.84. The van der Waals surface area contributed by atoms with Crippen LogP contribution in [0, 0.1) is 5.82 Å². The highest BCUT2D eigenvalue weighted by atomic mass is 19.1. The normalized spacial score (nSPS) is 15.0. The van der Waals surface area contributed by atoms with Crippen LogP contribution < -0.4 is 10.1 Å². The van der Waals surface area contributed by atoms with E-state index in [0.29, 0.717) is 51.4 Å². The number of hydrogen-bond acceptors (Lipinski definition) is 4. The van der Waals surface area contributed by atoms with Gasteiger partial charge in [0.05, 0.1) is 13.2 Å². The molecule has 1 aliphatic heterocycles. The maximum Gasteiger partial charge on any atom is 0.234 e. The minimum Gasteiger partial charge on any atom is -0.494 e. The van der Waals surface area contributed by atoms with Crippen molar-refractivity contribution < 1.29 is 18.7 Å². The maximum atomic E-state index is 12.8. The van der Waals surface area contributed by atoms with Crippen molar-refractivity contribution in [1.29, 1.82) is 0 Å². The van der Waals surface area contributed by atoms with E-state index in [1.165, 1.54) is 12.1 Å². The topological polar surface area (TPSA) is 61.9 Å². The summed E-state index contributed by atoms with van der Waals surface area (Å²) in [5, 5.41) is 2.78. The summed E-state index contributed by atoms with van der Waals surface area (Å²) in [6.07, 6.45) is 1.05. The Hall–Kier alpha value is -2.15. The highest BCUT2D eigenvalue weighted by Gasteiger charge is 2.21. The molecular weight excluding hydrogens is 325 g/mol. The average molecular weight is 351 g/mol. The lowest BCUT2D eigenvalue weighted by Crippen LogP contribution is -2.51. The first-order valence-electron chi connectivity index (χ1n) is 8.73. The molecule has 1 aromatic carbocycles. The molecule has 138 valence electrons. The number of ether oxygens (including phenoxy) is 1. The van der Waals surface area contributed by atoms with Gasteiger partial charge in [0.1, 0.15) is 11.6 Å². The zero-order valence-electron chi connectivity index (χ0n) is 14.7. The molecule has 0 bridgehead atoms. The van der Waals surface area contributed by atoms with Crippen LogP contribution in [0.4, 0.5) is 4.39 Å². The fraction of sp³-hybridized carbons (Fsp3) is 0.556. The second-order valence-electron chi connectivity index (χ2n) is 6.02. The standard InChI is InChI=1S/C18H26FN3O3/c1-2-20-17(23)14-21-9-11-22(12-10-21)18(24)4-3-13-25-16-7-5-15(19)6-8-16/h5-8H,2-4,9-14H2,1H3,(H,20,23). The van der Waals surface area contributed by atoms with Crippen molar-refractivity contribution >= 4 is 11.8 Å². The van der Waals surface area contributed by atoms with Crippen molar-refractivity contribution in [1.82, 2.24) is 15.1 Å². The van der Waals surface area contributed by atoms with Crippen LogP contribution in [-0.2, 0) is 9.59 Å². The molecule has 0 saturated carbocycles. The number of hydrogen-bond donors (Lipinski definition) is 1. The molecule has 1 heterocycles. The van der Waals surface area contributed by atoms with Crippen LogP contribution in [0.25, 0.3) is 0 Å². The van der Waals surface area contributed by atoms with Crippen LogP contribution >= 0.6 is 0 Å². The average Bonchev–Trinajstić information content (AvgIpc) is 2.61. The Labute approximate surface area is 147 Å². The Morgan fingerprint density at radius 1 is 1.16 bits per heavy atom. The molecule has 2 amide bonds. The van der Waals surface area contributed by atoms with Gasteiger partial charge in [0.25, 0.3) is 0 Å². The van der Waals surface area contributed by atoms with Gasteiger partial charge in [-0.2, -0.15) is 0 Å². The van der Waals surface area contributed by atoms with E-state index >= 15 is 0 Å². The highest BCUT2D eigenvalue weighted by molar-refractivity contribution is 5.78. The summed E-state index contributed by atoms with van der Waals surface area (Å²) in [4.78, 5) is 27.7. The zero-order chi connectivity index (χ0) is 18.1. The van der Waals surface area contributed by atoms with Crippen molar-refractivity contribution in [2.24, 2.45) is 0 Å². The first kappa shape index (κ1) is 19.2. The second kappa shape index (κ2) is 9.98. The number of carbonyl (C=O) groups is 2. The maximum absolute atomic E-state index is 12.8. The third-order valence-electron chi connectivity index (χ3n) is 4.08. The van der Waals surface area contributed by atoms with Crippen LogP contribution in [0.1, 0.15) is 19.8 Å². The molecule has 1 saturated heterocycles. The molecule has 0 spiro atoms. The van der Waals surface area contributed by atoms with Gasteiger partial charge in [-0.3, -0.25) is 14.5 Å². The molecule has 1 N–H and O–H groups in total. The van der Waals surface area contributed by atoms with Crippen molar-refractivity contribution in [2.75, 3.05) is 45.9 Å². The Morgan fingerprint density at radius 3 is 2.48 bits per heavy atom. The quantitative estimate of drug-likeness (QED) is 0.717. The lowest BCUT2D eigenvalue weighted by molar-refractivity contribution is -0.133. The molecular formula is C18H26FN3O3. The second-order valence-corrected chi connectivity index (χ2v) is 6.02. The fourth-order valence-electron chi connectivity index (χ4n) is 2.71. The molecule has 0 radical (unpaired) electrons. The Balaban J connectivity index is 1.60. The van der Waals surface area contributed by atoms with Gasteiger partial charge in [-0.15, -0.1) is 0 Å². The minimum absolute atomic E-state index is 0.0280. The van der Waals surface area contributed by atoms with E-state index in [9.17, 15) is 14.0 Å².